The van der Waals surface area contributed by atoms with Crippen molar-refractivity contribution in [2.45, 2.75) is 19.8 Å². The molecule has 0 amide bonds. The smallest absolute Gasteiger partial charge is 0.357 e. The standard InChI is InChI=1S/C7H8ClNO2S/c1-2-3-4-5(8)6(7(10)11)9-12-4/h2-3H2,1H3,(H,10,11). The van der Waals surface area contributed by atoms with E-state index in [9.17, 15) is 4.79 Å². The molecule has 1 aromatic rings. The number of halogens is 1. The Kier molecular flexibility index (Phi) is 3.05. The van der Waals surface area contributed by atoms with E-state index in [0.29, 0.717) is 5.02 Å². The van der Waals surface area contributed by atoms with Crippen molar-refractivity contribution in [1.29, 1.82) is 0 Å². The molecule has 0 aliphatic carbocycles. The van der Waals surface area contributed by atoms with E-state index in [1.165, 1.54) is 11.5 Å². The van der Waals surface area contributed by atoms with Gasteiger partial charge in [-0.05, 0) is 18.0 Å². The van der Waals surface area contributed by atoms with Gasteiger partial charge >= 0.3 is 5.97 Å². The molecule has 0 aliphatic rings. The fourth-order valence-electron chi connectivity index (χ4n) is 0.828. The zero-order valence-electron chi connectivity index (χ0n) is 6.50. The van der Waals surface area contributed by atoms with Crippen LogP contribution in [0.1, 0.15) is 28.7 Å². The van der Waals surface area contributed by atoms with Gasteiger partial charge in [0.2, 0.25) is 0 Å². The first-order valence-corrected chi connectivity index (χ1v) is 4.69. The lowest BCUT2D eigenvalue weighted by Gasteiger charge is -1.91. The summed E-state index contributed by atoms with van der Waals surface area (Å²) >= 11 is 6.93. The average Bonchev–Trinajstić information content (AvgIpc) is 2.34. The van der Waals surface area contributed by atoms with E-state index in [1.807, 2.05) is 6.92 Å². The average molecular weight is 206 g/mol. The van der Waals surface area contributed by atoms with Crippen LogP contribution in [-0.2, 0) is 6.42 Å². The van der Waals surface area contributed by atoms with Crippen molar-refractivity contribution in [2.75, 3.05) is 0 Å². The molecule has 1 heterocycles. The van der Waals surface area contributed by atoms with E-state index in [-0.39, 0.29) is 5.69 Å². The highest BCUT2D eigenvalue weighted by atomic mass is 35.5. The minimum absolute atomic E-state index is 0.0230. The summed E-state index contributed by atoms with van der Waals surface area (Å²) in [6.07, 6.45) is 1.74. The number of aromatic nitrogens is 1. The fraction of sp³-hybridized carbons (Fsp3) is 0.429. The van der Waals surface area contributed by atoms with Gasteiger partial charge in [0.25, 0.3) is 0 Å². The van der Waals surface area contributed by atoms with E-state index in [4.69, 9.17) is 16.7 Å². The molecule has 1 rings (SSSR count). The lowest BCUT2D eigenvalue weighted by Crippen LogP contribution is -1.96. The molecular formula is C7H8ClNO2S. The van der Waals surface area contributed by atoms with Crippen molar-refractivity contribution >= 4 is 29.1 Å². The first-order valence-electron chi connectivity index (χ1n) is 3.54. The van der Waals surface area contributed by atoms with Crippen LogP contribution in [0, 0.1) is 0 Å². The summed E-state index contributed by atoms with van der Waals surface area (Å²) in [5.74, 6) is -1.06. The molecule has 0 fully saturated rings. The molecule has 0 atom stereocenters. The van der Waals surface area contributed by atoms with E-state index >= 15 is 0 Å². The van der Waals surface area contributed by atoms with Gasteiger partial charge in [0, 0.05) is 4.88 Å². The molecule has 1 N–H and O–H groups in total. The van der Waals surface area contributed by atoms with Crippen molar-refractivity contribution in [3.8, 4) is 0 Å². The number of hydrogen-bond acceptors (Lipinski definition) is 3. The first-order chi connectivity index (χ1) is 5.66. The monoisotopic (exact) mass is 205 g/mol. The Hall–Kier alpha value is -0.610. The van der Waals surface area contributed by atoms with Gasteiger partial charge in [-0.25, -0.2) is 4.79 Å². The highest BCUT2D eigenvalue weighted by Gasteiger charge is 2.16. The molecule has 12 heavy (non-hydrogen) atoms. The van der Waals surface area contributed by atoms with E-state index in [2.05, 4.69) is 4.37 Å². The zero-order chi connectivity index (χ0) is 9.14. The lowest BCUT2D eigenvalue weighted by molar-refractivity contribution is 0.0692. The maximum atomic E-state index is 10.5. The zero-order valence-corrected chi connectivity index (χ0v) is 8.08. The Morgan fingerprint density at radius 3 is 2.83 bits per heavy atom. The van der Waals surface area contributed by atoms with Crippen LogP contribution in [-0.4, -0.2) is 15.4 Å². The Morgan fingerprint density at radius 2 is 2.42 bits per heavy atom. The van der Waals surface area contributed by atoms with Crippen LogP contribution in [0.2, 0.25) is 5.02 Å². The molecule has 0 saturated carbocycles. The molecule has 0 radical (unpaired) electrons. The van der Waals surface area contributed by atoms with Gasteiger partial charge in [0.15, 0.2) is 5.69 Å². The lowest BCUT2D eigenvalue weighted by atomic mass is 10.2. The quantitative estimate of drug-likeness (QED) is 0.825. The predicted molar refractivity (Wildman–Crippen MR) is 48.1 cm³/mol. The third-order valence-electron chi connectivity index (χ3n) is 1.38. The van der Waals surface area contributed by atoms with Crippen LogP contribution in [0.3, 0.4) is 0 Å². The summed E-state index contributed by atoms with van der Waals surface area (Å²) in [6, 6.07) is 0. The van der Waals surface area contributed by atoms with Crippen LogP contribution < -0.4 is 0 Å². The number of carbonyl (C=O) groups is 1. The second-order valence-corrected chi connectivity index (χ2v) is 3.56. The Bertz CT molecular complexity index is 298. The van der Waals surface area contributed by atoms with Crippen molar-refractivity contribution in [1.82, 2.24) is 4.37 Å². The van der Waals surface area contributed by atoms with Crippen LogP contribution in [0.4, 0.5) is 0 Å². The summed E-state index contributed by atoms with van der Waals surface area (Å²) in [4.78, 5) is 11.4. The summed E-state index contributed by atoms with van der Waals surface area (Å²) in [5, 5.41) is 8.91. The molecule has 1 aromatic heterocycles. The highest BCUT2D eigenvalue weighted by molar-refractivity contribution is 7.06. The maximum absolute atomic E-state index is 10.5. The van der Waals surface area contributed by atoms with E-state index < -0.39 is 5.97 Å². The molecule has 0 aliphatic heterocycles. The Labute approximate surface area is 79.2 Å². The molecule has 66 valence electrons. The molecular weight excluding hydrogens is 198 g/mol. The van der Waals surface area contributed by atoms with Crippen molar-refractivity contribution in [3.05, 3.63) is 15.6 Å². The molecule has 0 bridgehead atoms. The Balaban J connectivity index is 2.96. The van der Waals surface area contributed by atoms with Gasteiger partial charge in [-0.2, -0.15) is 4.37 Å². The number of aryl methyl sites for hydroxylation is 1. The third kappa shape index (κ3) is 1.76. The van der Waals surface area contributed by atoms with Crippen LogP contribution >= 0.6 is 23.1 Å². The van der Waals surface area contributed by atoms with Gasteiger partial charge in [-0.3, -0.25) is 0 Å². The third-order valence-corrected chi connectivity index (χ3v) is 2.80. The molecule has 0 unspecified atom stereocenters. The van der Waals surface area contributed by atoms with Gasteiger partial charge in [-0.15, -0.1) is 0 Å². The molecule has 3 nitrogen and oxygen atoms in total. The number of rotatable bonds is 3. The number of nitrogens with zero attached hydrogens (tertiary/aromatic N) is 1. The second-order valence-electron chi connectivity index (χ2n) is 2.32. The van der Waals surface area contributed by atoms with Crippen LogP contribution in [0.25, 0.3) is 0 Å². The SMILES string of the molecule is CCCc1snc(C(=O)O)c1Cl. The molecule has 5 heteroatoms. The Morgan fingerprint density at radius 1 is 1.75 bits per heavy atom. The molecule has 0 aromatic carbocycles. The predicted octanol–water partition coefficient (Wildman–Crippen LogP) is 2.45. The maximum Gasteiger partial charge on any atom is 0.357 e. The minimum Gasteiger partial charge on any atom is -0.476 e. The van der Waals surface area contributed by atoms with Gasteiger partial charge < -0.3 is 5.11 Å². The summed E-state index contributed by atoms with van der Waals surface area (Å²) < 4.78 is 3.74. The summed E-state index contributed by atoms with van der Waals surface area (Å²) in [7, 11) is 0. The number of carboxylic acids is 1. The van der Waals surface area contributed by atoms with Crippen LogP contribution in [0.5, 0.6) is 0 Å². The fourth-order valence-corrected chi connectivity index (χ4v) is 2.04. The van der Waals surface area contributed by atoms with E-state index in [1.54, 1.807) is 0 Å². The summed E-state index contributed by atoms with van der Waals surface area (Å²) in [6.45, 7) is 2.01. The number of aromatic carboxylic acids is 1. The summed E-state index contributed by atoms with van der Waals surface area (Å²) in [5.41, 5.74) is -0.0230. The van der Waals surface area contributed by atoms with Gasteiger partial charge in [-0.1, -0.05) is 24.9 Å². The first kappa shape index (κ1) is 9.48. The normalized spacial score (nSPS) is 10.2. The van der Waals surface area contributed by atoms with Crippen molar-refractivity contribution < 1.29 is 9.90 Å². The largest absolute Gasteiger partial charge is 0.476 e. The topological polar surface area (TPSA) is 50.2 Å². The van der Waals surface area contributed by atoms with Gasteiger partial charge in [0.1, 0.15) is 0 Å². The minimum atomic E-state index is -1.06. The van der Waals surface area contributed by atoms with Gasteiger partial charge in [0.05, 0.1) is 5.02 Å². The van der Waals surface area contributed by atoms with Crippen LogP contribution in [0.15, 0.2) is 0 Å². The highest BCUT2D eigenvalue weighted by Crippen LogP contribution is 2.25. The molecule has 0 spiro atoms. The second kappa shape index (κ2) is 3.87. The van der Waals surface area contributed by atoms with Crippen molar-refractivity contribution in [2.24, 2.45) is 0 Å². The van der Waals surface area contributed by atoms with Crippen molar-refractivity contribution in [3.63, 3.8) is 0 Å². The van der Waals surface area contributed by atoms with E-state index in [0.717, 1.165) is 17.7 Å². The number of carboxylic acid groups (broad SMARTS) is 1. The number of hydrogen-bond donors (Lipinski definition) is 1. The molecule has 0 saturated heterocycles.